The topological polar surface area (TPSA) is 24.5 Å². The molecule has 1 saturated heterocycles. The lowest BCUT2D eigenvalue weighted by molar-refractivity contribution is 0.0421. The molecule has 1 N–H and O–H groups in total. The number of likely N-dealkylation sites (N-methyl/N-ethyl adjacent to an activating group) is 1. The number of nitrogens with zero attached hydrogens (tertiary/aromatic N) is 1. The summed E-state index contributed by atoms with van der Waals surface area (Å²) in [4.78, 5) is 2.01. The average molecular weight is 242 g/mol. The number of ether oxygens (including phenoxy) is 1. The molecular formula is C12H16F2N2O. The maximum Gasteiger partial charge on any atom is 0.160 e. The van der Waals surface area contributed by atoms with Gasteiger partial charge in [-0.05, 0) is 19.2 Å². The lowest BCUT2D eigenvalue weighted by Crippen LogP contribution is -2.46. The van der Waals surface area contributed by atoms with Gasteiger partial charge in [-0.1, -0.05) is 0 Å². The Kier molecular flexibility index (Phi) is 3.91. The van der Waals surface area contributed by atoms with Crippen molar-refractivity contribution in [2.24, 2.45) is 0 Å². The van der Waals surface area contributed by atoms with Gasteiger partial charge < -0.3 is 15.0 Å². The van der Waals surface area contributed by atoms with E-state index in [0.29, 0.717) is 25.4 Å². The maximum absolute atomic E-state index is 13.1. The van der Waals surface area contributed by atoms with Crippen molar-refractivity contribution in [2.45, 2.75) is 6.10 Å². The van der Waals surface area contributed by atoms with Crippen LogP contribution in [0.1, 0.15) is 0 Å². The van der Waals surface area contributed by atoms with E-state index in [1.807, 2.05) is 11.9 Å². The van der Waals surface area contributed by atoms with Gasteiger partial charge in [0.15, 0.2) is 11.6 Å². The van der Waals surface area contributed by atoms with Crippen molar-refractivity contribution in [1.29, 1.82) is 0 Å². The van der Waals surface area contributed by atoms with Crippen molar-refractivity contribution in [3.63, 3.8) is 0 Å². The van der Waals surface area contributed by atoms with E-state index in [2.05, 4.69) is 5.32 Å². The van der Waals surface area contributed by atoms with E-state index >= 15 is 0 Å². The van der Waals surface area contributed by atoms with Crippen LogP contribution in [-0.2, 0) is 4.74 Å². The first-order chi connectivity index (χ1) is 8.20. The molecule has 17 heavy (non-hydrogen) atoms. The highest BCUT2D eigenvalue weighted by molar-refractivity contribution is 5.47. The largest absolute Gasteiger partial charge is 0.373 e. The lowest BCUT2D eigenvalue weighted by Gasteiger charge is -2.34. The molecule has 1 atom stereocenters. The van der Waals surface area contributed by atoms with Crippen LogP contribution in [0.2, 0.25) is 0 Å². The van der Waals surface area contributed by atoms with E-state index in [1.165, 1.54) is 6.07 Å². The van der Waals surface area contributed by atoms with Gasteiger partial charge in [-0.15, -0.1) is 0 Å². The molecule has 0 amide bonds. The van der Waals surface area contributed by atoms with Gasteiger partial charge in [-0.25, -0.2) is 8.78 Å². The van der Waals surface area contributed by atoms with Crippen LogP contribution in [0.3, 0.4) is 0 Å². The number of hydrogen-bond donors (Lipinski definition) is 1. The number of rotatable bonds is 3. The minimum atomic E-state index is -0.811. The Balaban J connectivity index is 2.08. The van der Waals surface area contributed by atoms with E-state index in [0.717, 1.165) is 12.6 Å². The highest BCUT2D eigenvalue weighted by Crippen LogP contribution is 2.20. The molecule has 94 valence electrons. The minimum absolute atomic E-state index is 0.0851. The van der Waals surface area contributed by atoms with Gasteiger partial charge in [0, 0.05) is 31.4 Å². The highest BCUT2D eigenvalue weighted by Gasteiger charge is 2.20. The summed E-state index contributed by atoms with van der Waals surface area (Å²) in [5, 5.41) is 3.04. The summed E-state index contributed by atoms with van der Waals surface area (Å²) in [5.41, 5.74) is 0.702. The molecule has 5 heteroatoms. The predicted molar refractivity (Wildman–Crippen MR) is 62.2 cm³/mol. The first-order valence-electron chi connectivity index (χ1n) is 5.67. The Morgan fingerprint density at radius 3 is 2.94 bits per heavy atom. The highest BCUT2D eigenvalue weighted by atomic mass is 19.2. The number of hydrogen-bond acceptors (Lipinski definition) is 3. The Bertz CT molecular complexity index is 385. The number of anilines is 1. The fraction of sp³-hybridized carbons (Fsp3) is 0.500. The summed E-state index contributed by atoms with van der Waals surface area (Å²) in [7, 11) is 1.86. The Labute approximate surface area is 99.4 Å². The molecule has 1 aromatic carbocycles. The van der Waals surface area contributed by atoms with E-state index in [4.69, 9.17) is 4.74 Å². The first kappa shape index (κ1) is 12.3. The summed E-state index contributed by atoms with van der Waals surface area (Å²) in [6.45, 7) is 2.74. The molecular weight excluding hydrogens is 226 g/mol. The number of halogens is 2. The molecule has 1 aliphatic rings. The quantitative estimate of drug-likeness (QED) is 0.867. The van der Waals surface area contributed by atoms with Crippen molar-refractivity contribution in [1.82, 2.24) is 5.32 Å². The Morgan fingerprint density at radius 1 is 1.41 bits per heavy atom. The molecule has 0 aromatic heterocycles. The second-order valence-electron chi connectivity index (χ2n) is 4.09. The molecule has 1 aliphatic heterocycles. The summed E-state index contributed by atoms with van der Waals surface area (Å²) in [6.07, 6.45) is 0.0851. The van der Waals surface area contributed by atoms with Gasteiger partial charge in [-0.2, -0.15) is 0 Å². The van der Waals surface area contributed by atoms with Crippen LogP contribution in [0.4, 0.5) is 14.5 Å². The first-order valence-corrected chi connectivity index (χ1v) is 5.67. The van der Waals surface area contributed by atoms with Gasteiger partial charge in [0.2, 0.25) is 0 Å². The van der Waals surface area contributed by atoms with E-state index < -0.39 is 11.6 Å². The van der Waals surface area contributed by atoms with E-state index in [9.17, 15) is 8.78 Å². The van der Waals surface area contributed by atoms with E-state index in [-0.39, 0.29) is 6.10 Å². The zero-order chi connectivity index (χ0) is 12.3. The second-order valence-corrected chi connectivity index (χ2v) is 4.09. The average Bonchev–Trinajstić information content (AvgIpc) is 2.33. The van der Waals surface area contributed by atoms with Crippen LogP contribution in [0.15, 0.2) is 18.2 Å². The summed E-state index contributed by atoms with van der Waals surface area (Å²) < 4.78 is 31.5. The number of benzene rings is 1. The van der Waals surface area contributed by atoms with Crippen LogP contribution in [0, 0.1) is 11.6 Å². The van der Waals surface area contributed by atoms with Crippen molar-refractivity contribution in [2.75, 3.05) is 38.2 Å². The molecule has 0 radical (unpaired) electrons. The van der Waals surface area contributed by atoms with Crippen LogP contribution in [0.5, 0.6) is 0 Å². The molecule has 2 rings (SSSR count). The summed E-state index contributed by atoms with van der Waals surface area (Å²) in [6, 6.07) is 3.99. The van der Waals surface area contributed by atoms with Crippen molar-refractivity contribution < 1.29 is 13.5 Å². The fourth-order valence-electron chi connectivity index (χ4n) is 1.99. The molecule has 1 aromatic rings. The standard InChI is InChI=1S/C12H16F2N2O/c1-15-7-10-8-16(4-5-17-10)9-2-3-11(13)12(14)6-9/h2-3,6,10,15H,4-5,7-8H2,1H3. The molecule has 1 fully saturated rings. The third kappa shape index (κ3) is 2.92. The van der Waals surface area contributed by atoms with Crippen LogP contribution < -0.4 is 10.2 Å². The van der Waals surface area contributed by atoms with Gasteiger partial charge >= 0.3 is 0 Å². The molecule has 0 aliphatic carbocycles. The fourth-order valence-corrected chi connectivity index (χ4v) is 1.99. The SMILES string of the molecule is CNCC1CN(c2ccc(F)c(F)c2)CCO1. The van der Waals surface area contributed by atoms with Crippen molar-refractivity contribution in [3.8, 4) is 0 Å². The smallest absolute Gasteiger partial charge is 0.160 e. The zero-order valence-electron chi connectivity index (χ0n) is 9.75. The Hall–Kier alpha value is -1.20. The van der Waals surface area contributed by atoms with Crippen molar-refractivity contribution >= 4 is 5.69 Å². The normalized spacial score (nSPS) is 20.6. The number of nitrogens with one attached hydrogen (secondary N) is 1. The molecule has 3 nitrogen and oxygen atoms in total. The predicted octanol–water partition coefficient (Wildman–Crippen LogP) is 1.39. The molecule has 0 saturated carbocycles. The van der Waals surface area contributed by atoms with Gasteiger partial charge in [-0.3, -0.25) is 0 Å². The maximum atomic E-state index is 13.1. The summed E-state index contributed by atoms with van der Waals surface area (Å²) >= 11 is 0. The zero-order valence-corrected chi connectivity index (χ0v) is 9.75. The van der Waals surface area contributed by atoms with Crippen LogP contribution >= 0.6 is 0 Å². The summed E-state index contributed by atoms with van der Waals surface area (Å²) in [5.74, 6) is -1.62. The second kappa shape index (κ2) is 5.42. The molecule has 1 heterocycles. The third-order valence-electron chi connectivity index (χ3n) is 2.84. The Morgan fingerprint density at radius 2 is 2.24 bits per heavy atom. The molecule has 0 bridgehead atoms. The van der Waals surface area contributed by atoms with Crippen LogP contribution in [-0.4, -0.2) is 39.4 Å². The lowest BCUT2D eigenvalue weighted by atomic mass is 10.2. The van der Waals surface area contributed by atoms with E-state index in [1.54, 1.807) is 6.07 Å². The van der Waals surface area contributed by atoms with Crippen LogP contribution in [0.25, 0.3) is 0 Å². The monoisotopic (exact) mass is 242 g/mol. The van der Waals surface area contributed by atoms with Gasteiger partial charge in [0.25, 0.3) is 0 Å². The third-order valence-corrected chi connectivity index (χ3v) is 2.84. The minimum Gasteiger partial charge on any atom is -0.373 e. The van der Waals surface area contributed by atoms with Gasteiger partial charge in [0.05, 0.1) is 12.7 Å². The molecule has 0 spiro atoms. The van der Waals surface area contributed by atoms with Gasteiger partial charge in [0.1, 0.15) is 0 Å². The van der Waals surface area contributed by atoms with Crippen molar-refractivity contribution in [3.05, 3.63) is 29.8 Å². The molecule has 1 unspecified atom stereocenters. The number of morpholine rings is 1.